The highest BCUT2D eigenvalue weighted by molar-refractivity contribution is 5.67. The summed E-state index contributed by atoms with van der Waals surface area (Å²) in [7, 11) is 2.92. The molecule has 1 aliphatic rings. The SMILES string of the molecule is COc1cc(N)c([C@H]2c3c(O)cc(O)cc3O[C@H](c3ccc(O)c(O)c3)[C@@H]2O)c(OC)c1. The Morgan fingerprint density at radius 1 is 0.844 bits per heavy atom. The molecule has 32 heavy (non-hydrogen) atoms. The topological polar surface area (TPSA) is 155 Å². The highest BCUT2D eigenvalue weighted by Gasteiger charge is 2.43. The zero-order valence-corrected chi connectivity index (χ0v) is 17.3. The van der Waals surface area contributed by atoms with Crippen molar-refractivity contribution in [3.8, 4) is 40.2 Å². The second-order valence-electron chi connectivity index (χ2n) is 7.46. The van der Waals surface area contributed by atoms with Gasteiger partial charge in [-0.05, 0) is 17.7 Å². The zero-order chi connectivity index (χ0) is 23.2. The minimum absolute atomic E-state index is 0.118. The van der Waals surface area contributed by atoms with Crippen LogP contribution in [0.4, 0.5) is 5.69 Å². The number of phenolic OH excluding ortho intramolecular Hbond substituents is 4. The third-order valence-electron chi connectivity index (χ3n) is 5.56. The molecule has 0 fully saturated rings. The summed E-state index contributed by atoms with van der Waals surface area (Å²) in [5.41, 5.74) is 7.52. The van der Waals surface area contributed by atoms with E-state index in [2.05, 4.69) is 0 Å². The smallest absolute Gasteiger partial charge is 0.157 e. The second-order valence-corrected chi connectivity index (χ2v) is 7.46. The molecular formula is C23H23NO8. The predicted octanol–water partition coefficient (Wildman–Crippen LogP) is 2.73. The van der Waals surface area contributed by atoms with Gasteiger partial charge in [0.05, 0.1) is 20.1 Å². The third-order valence-corrected chi connectivity index (χ3v) is 5.56. The molecule has 1 aliphatic heterocycles. The molecule has 3 aromatic carbocycles. The van der Waals surface area contributed by atoms with Crippen molar-refractivity contribution in [1.82, 2.24) is 0 Å². The first-order valence-corrected chi connectivity index (χ1v) is 9.69. The van der Waals surface area contributed by atoms with Crippen LogP contribution in [0.3, 0.4) is 0 Å². The lowest BCUT2D eigenvalue weighted by Crippen LogP contribution is -2.35. The molecule has 0 saturated carbocycles. The fraction of sp³-hybridized carbons (Fsp3) is 0.217. The average Bonchev–Trinajstić information content (AvgIpc) is 2.75. The number of aromatic hydroxyl groups is 4. The van der Waals surface area contributed by atoms with Gasteiger partial charge in [-0.25, -0.2) is 0 Å². The summed E-state index contributed by atoms with van der Waals surface area (Å²) >= 11 is 0. The number of ether oxygens (including phenoxy) is 3. The molecule has 4 rings (SSSR count). The quantitative estimate of drug-likeness (QED) is 0.265. The summed E-state index contributed by atoms with van der Waals surface area (Å²) < 4.78 is 16.7. The average molecular weight is 441 g/mol. The largest absolute Gasteiger partial charge is 0.508 e. The predicted molar refractivity (Wildman–Crippen MR) is 115 cm³/mol. The van der Waals surface area contributed by atoms with Crippen LogP contribution in [0, 0.1) is 0 Å². The number of anilines is 1. The van der Waals surface area contributed by atoms with Gasteiger partial charge in [-0.2, -0.15) is 0 Å². The van der Waals surface area contributed by atoms with Gasteiger partial charge in [-0.15, -0.1) is 0 Å². The molecule has 0 amide bonds. The van der Waals surface area contributed by atoms with E-state index < -0.39 is 18.1 Å². The van der Waals surface area contributed by atoms with E-state index in [-0.39, 0.29) is 40.0 Å². The first-order chi connectivity index (χ1) is 15.2. The van der Waals surface area contributed by atoms with E-state index in [1.165, 1.54) is 38.5 Å². The van der Waals surface area contributed by atoms with Crippen molar-refractivity contribution in [2.24, 2.45) is 0 Å². The number of rotatable bonds is 4. The third kappa shape index (κ3) is 3.42. The number of methoxy groups -OCH3 is 2. The van der Waals surface area contributed by atoms with Crippen molar-refractivity contribution in [2.45, 2.75) is 18.1 Å². The molecule has 3 aromatic rings. The second kappa shape index (κ2) is 7.93. The Balaban J connectivity index is 1.96. The Kier molecular flexibility index (Phi) is 5.27. The van der Waals surface area contributed by atoms with Crippen LogP contribution >= 0.6 is 0 Å². The molecule has 9 heteroatoms. The number of fused-ring (bicyclic) bond motifs is 1. The van der Waals surface area contributed by atoms with Crippen LogP contribution in [0.1, 0.15) is 28.7 Å². The van der Waals surface area contributed by atoms with E-state index in [0.29, 0.717) is 22.6 Å². The first-order valence-electron chi connectivity index (χ1n) is 9.69. The van der Waals surface area contributed by atoms with Crippen molar-refractivity contribution >= 4 is 5.69 Å². The maximum Gasteiger partial charge on any atom is 0.157 e. The van der Waals surface area contributed by atoms with Gasteiger partial charge in [0, 0.05) is 41.1 Å². The van der Waals surface area contributed by atoms with Crippen LogP contribution in [0.5, 0.6) is 40.2 Å². The fourth-order valence-corrected chi connectivity index (χ4v) is 4.10. The molecule has 1 heterocycles. The normalized spacial score (nSPS) is 19.7. The standard InChI is InChI=1S/C23H23NO8/c1-30-12-8-13(24)19(17(9-12)31-2)21-20-16(28)6-11(25)7-18(20)32-23(22(21)29)10-3-4-14(26)15(27)5-10/h3-9,21-23,25-29H,24H2,1-2H3/t21-,22+,23+/m0/s1. The van der Waals surface area contributed by atoms with Crippen LogP contribution in [0.2, 0.25) is 0 Å². The lowest BCUT2D eigenvalue weighted by atomic mass is 9.78. The number of aliphatic hydroxyl groups excluding tert-OH is 1. The van der Waals surface area contributed by atoms with Crippen molar-refractivity contribution in [2.75, 3.05) is 20.0 Å². The van der Waals surface area contributed by atoms with E-state index in [0.717, 1.165) is 6.07 Å². The van der Waals surface area contributed by atoms with Gasteiger partial charge in [0.25, 0.3) is 0 Å². The van der Waals surface area contributed by atoms with Gasteiger partial charge in [0.15, 0.2) is 17.6 Å². The molecule has 0 aromatic heterocycles. The Labute approximate surface area is 183 Å². The number of phenols is 4. The lowest BCUT2D eigenvalue weighted by molar-refractivity contribution is 0.00702. The minimum Gasteiger partial charge on any atom is -0.508 e. The Morgan fingerprint density at radius 3 is 2.25 bits per heavy atom. The maximum atomic E-state index is 11.4. The molecule has 0 bridgehead atoms. The van der Waals surface area contributed by atoms with Gasteiger partial charge < -0.3 is 45.5 Å². The van der Waals surface area contributed by atoms with Crippen LogP contribution in [-0.2, 0) is 0 Å². The Hall–Kier alpha value is -3.98. The van der Waals surface area contributed by atoms with Gasteiger partial charge in [-0.1, -0.05) is 6.07 Å². The van der Waals surface area contributed by atoms with Crippen molar-refractivity contribution in [3.05, 3.63) is 59.2 Å². The summed E-state index contributed by atoms with van der Waals surface area (Å²) in [6.45, 7) is 0. The van der Waals surface area contributed by atoms with Gasteiger partial charge in [0.1, 0.15) is 34.9 Å². The molecule has 7 N–H and O–H groups in total. The number of nitrogen functional groups attached to an aromatic ring is 1. The number of hydrogen-bond acceptors (Lipinski definition) is 9. The summed E-state index contributed by atoms with van der Waals surface area (Å²) in [5, 5.41) is 51.7. The highest BCUT2D eigenvalue weighted by Crippen LogP contribution is 2.54. The molecule has 0 spiro atoms. The minimum atomic E-state index is -1.30. The molecule has 0 aliphatic carbocycles. The number of hydrogen-bond donors (Lipinski definition) is 6. The number of benzene rings is 3. The molecular weight excluding hydrogens is 418 g/mol. The summed E-state index contributed by atoms with van der Waals surface area (Å²) in [6, 6.07) is 9.65. The molecule has 9 nitrogen and oxygen atoms in total. The highest BCUT2D eigenvalue weighted by atomic mass is 16.5. The van der Waals surface area contributed by atoms with Crippen LogP contribution in [0.25, 0.3) is 0 Å². The number of aliphatic hydroxyl groups is 1. The van der Waals surface area contributed by atoms with Crippen molar-refractivity contribution in [3.63, 3.8) is 0 Å². The van der Waals surface area contributed by atoms with E-state index in [4.69, 9.17) is 19.9 Å². The Morgan fingerprint density at radius 2 is 1.59 bits per heavy atom. The van der Waals surface area contributed by atoms with Crippen LogP contribution in [0.15, 0.2) is 42.5 Å². The van der Waals surface area contributed by atoms with Crippen LogP contribution < -0.4 is 19.9 Å². The molecule has 3 atom stereocenters. The van der Waals surface area contributed by atoms with Crippen molar-refractivity contribution < 1.29 is 39.7 Å². The molecule has 0 radical (unpaired) electrons. The van der Waals surface area contributed by atoms with Gasteiger partial charge in [0.2, 0.25) is 0 Å². The number of nitrogens with two attached hydrogens (primary N) is 1. The van der Waals surface area contributed by atoms with E-state index in [1.807, 2.05) is 0 Å². The monoisotopic (exact) mass is 441 g/mol. The zero-order valence-electron chi connectivity index (χ0n) is 17.3. The summed E-state index contributed by atoms with van der Waals surface area (Å²) in [6.07, 6.45) is -2.34. The Bertz CT molecular complexity index is 1180. The lowest BCUT2D eigenvalue weighted by Gasteiger charge is -2.38. The van der Waals surface area contributed by atoms with Gasteiger partial charge in [-0.3, -0.25) is 0 Å². The van der Waals surface area contributed by atoms with E-state index in [9.17, 15) is 25.5 Å². The fourth-order valence-electron chi connectivity index (χ4n) is 4.10. The van der Waals surface area contributed by atoms with Crippen LogP contribution in [-0.4, -0.2) is 45.9 Å². The molecule has 0 saturated heterocycles. The van der Waals surface area contributed by atoms with Gasteiger partial charge >= 0.3 is 0 Å². The summed E-state index contributed by atoms with van der Waals surface area (Å²) in [5.74, 6) is -1.30. The molecule has 0 unspecified atom stereocenters. The maximum absolute atomic E-state index is 11.4. The summed E-state index contributed by atoms with van der Waals surface area (Å²) in [4.78, 5) is 0. The first kappa shape index (κ1) is 21.3. The molecule has 168 valence electrons. The van der Waals surface area contributed by atoms with E-state index >= 15 is 0 Å². The van der Waals surface area contributed by atoms with Crippen molar-refractivity contribution in [1.29, 1.82) is 0 Å². The van der Waals surface area contributed by atoms with E-state index in [1.54, 1.807) is 12.1 Å².